The maximum absolute atomic E-state index is 14.6. The van der Waals surface area contributed by atoms with Crippen molar-refractivity contribution in [3.8, 4) is 11.1 Å². The summed E-state index contributed by atoms with van der Waals surface area (Å²) >= 11 is 0. The summed E-state index contributed by atoms with van der Waals surface area (Å²) in [6.45, 7) is 6.59. The van der Waals surface area contributed by atoms with Gasteiger partial charge in [0.2, 0.25) is 10.0 Å². The van der Waals surface area contributed by atoms with Crippen molar-refractivity contribution in [3.63, 3.8) is 0 Å². The van der Waals surface area contributed by atoms with E-state index in [-0.39, 0.29) is 5.91 Å². The van der Waals surface area contributed by atoms with E-state index in [4.69, 9.17) is 0 Å². The number of allylic oxidation sites excluding steroid dienone is 3. The van der Waals surface area contributed by atoms with E-state index < -0.39 is 14.8 Å². The summed E-state index contributed by atoms with van der Waals surface area (Å²) in [5.41, 5.74) is 6.84. The number of pyridine rings is 1. The number of rotatable bonds is 5. The number of carbonyl (C=O) groups is 1. The first-order chi connectivity index (χ1) is 21.6. The average Bonchev–Trinajstić information content (AvgIpc) is 3.39. The number of benzene rings is 2. The minimum atomic E-state index is -3.93. The van der Waals surface area contributed by atoms with E-state index in [1.807, 2.05) is 55.6 Å². The summed E-state index contributed by atoms with van der Waals surface area (Å²) in [7, 11) is 0.0510. The number of anilines is 1. The largest absolute Gasteiger partial charge is 0.369 e. The molecule has 9 heteroatoms. The smallest absolute Gasteiger partial charge is 0.253 e. The summed E-state index contributed by atoms with van der Waals surface area (Å²) < 4.78 is 29.3. The Hall–Kier alpha value is -4.21. The molecule has 1 amide bonds. The lowest BCUT2D eigenvalue weighted by molar-refractivity contribution is 0.0800. The first-order valence-electron chi connectivity index (χ1n) is 15.7. The summed E-state index contributed by atoms with van der Waals surface area (Å²) in [5.74, 6) is 0.0237. The van der Waals surface area contributed by atoms with Crippen LogP contribution in [0.25, 0.3) is 27.7 Å². The standard InChI is InChI=1S/C36H39N5O3S/c1-36(16-4-7-29(24-36)26-10-13-30(14-11-26)40-21-19-38(2)20-22-40)45(43,44)41-25-33(32-9-5-17-37-34(32)41)28-12-15-31-27(23-28)8-6-18-39(3)35(31)42/h4-5,7,9-15,17,23-25H,6,8,16,18-22H2,1-3H3. The molecule has 2 aromatic heterocycles. The average molecular weight is 622 g/mol. The lowest BCUT2D eigenvalue weighted by Crippen LogP contribution is -2.44. The second kappa shape index (κ2) is 11.3. The van der Waals surface area contributed by atoms with E-state index in [9.17, 15) is 13.2 Å². The Labute approximate surface area is 265 Å². The predicted octanol–water partition coefficient (Wildman–Crippen LogP) is 5.45. The van der Waals surface area contributed by atoms with Crippen molar-refractivity contribution >= 4 is 38.2 Å². The third-order valence-corrected chi connectivity index (χ3v) is 11.9. The molecule has 0 bridgehead atoms. The minimum Gasteiger partial charge on any atom is -0.369 e. The number of carbonyl (C=O) groups excluding carboxylic acids is 1. The van der Waals surface area contributed by atoms with Crippen LogP contribution in [-0.4, -0.2) is 84.6 Å². The number of aromatic nitrogens is 2. The van der Waals surface area contributed by atoms with Crippen molar-refractivity contribution < 1.29 is 13.2 Å². The number of likely N-dealkylation sites (N-methyl/N-ethyl adjacent to an activating group) is 1. The number of hydrogen-bond acceptors (Lipinski definition) is 6. The molecule has 0 saturated carbocycles. The molecule has 4 aromatic rings. The summed E-state index contributed by atoms with van der Waals surface area (Å²) in [5, 5.41) is 0.761. The zero-order valence-electron chi connectivity index (χ0n) is 26.1. The van der Waals surface area contributed by atoms with Crippen LogP contribution >= 0.6 is 0 Å². The van der Waals surface area contributed by atoms with Crippen LogP contribution in [0.3, 0.4) is 0 Å². The summed E-state index contributed by atoms with van der Waals surface area (Å²) in [6.07, 6.45) is 11.3. The van der Waals surface area contributed by atoms with Crippen molar-refractivity contribution in [3.05, 3.63) is 102 Å². The summed E-state index contributed by atoms with van der Waals surface area (Å²) in [4.78, 5) is 23.9. The molecule has 1 unspecified atom stereocenters. The third-order valence-electron chi connectivity index (χ3n) is 9.66. The number of nitrogens with zero attached hydrogens (tertiary/aromatic N) is 5. The van der Waals surface area contributed by atoms with Gasteiger partial charge in [0.05, 0.1) is 0 Å². The topological polar surface area (TPSA) is 78.8 Å². The molecule has 4 heterocycles. The second-order valence-electron chi connectivity index (χ2n) is 12.8. The highest BCUT2D eigenvalue weighted by molar-refractivity contribution is 7.91. The number of aryl methyl sites for hydroxylation is 1. The molecule has 0 N–H and O–H groups in total. The van der Waals surface area contributed by atoms with Crippen LogP contribution in [0.5, 0.6) is 0 Å². The molecular formula is C36H39N5O3S. The van der Waals surface area contributed by atoms with E-state index in [0.717, 1.165) is 72.2 Å². The molecule has 3 aliphatic rings. The fraction of sp³-hybridized carbons (Fsp3) is 0.333. The summed E-state index contributed by atoms with van der Waals surface area (Å²) in [6, 6.07) is 18.0. The first kappa shape index (κ1) is 29.5. The van der Waals surface area contributed by atoms with Crippen molar-refractivity contribution in [2.24, 2.45) is 0 Å². The molecule has 45 heavy (non-hydrogen) atoms. The molecule has 1 atom stereocenters. The van der Waals surface area contributed by atoms with Gasteiger partial charge in [-0.25, -0.2) is 17.4 Å². The van der Waals surface area contributed by atoms with Crippen LogP contribution in [0.1, 0.15) is 41.3 Å². The predicted molar refractivity (Wildman–Crippen MR) is 181 cm³/mol. The second-order valence-corrected chi connectivity index (χ2v) is 15.1. The molecule has 8 nitrogen and oxygen atoms in total. The number of fused-ring (bicyclic) bond motifs is 2. The van der Waals surface area contributed by atoms with Crippen LogP contribution in [0, 0.1) is 0 Å². The highest BCUT2D eigenvalue weighted by Crippen LogP contribution is 2.39. The number of piperazine rings is 1. The molecule has 2 aliphatic heterocycles. The van der Waals surface area contributed by atoms with Gasteiger partial charge in [-0.1, -0.05) is 42.5 Å². The van der Waals surface area contributed by atoms with Crippen LogP contribution in [0.4, 0.5) is 5.69 Å². The molecule has 0 spiro atoms. The third kappa shape index (κ3) is 5.17. The normalized spacial score (nSPS) is 21.1. The Morgan fingerprint density at radius 2 is 1.64 bits per heavy atom. The lowest BCUT2D eigenvalue weighted by Gasteiger charge is -2.34. The Balaban J connectivity index is 1.24. The Morgan fingerprint density at radius 3 is 2.42 bits per heavy atom. The van der Waals surface area contributed by atoms with Gasteiger partial charge in [0, 0.05) is 74.4 Å². The van der Waals surface area contributed by atoms with Crippen LogP contribution in [0.15, 0.2) is 85.2 Å². The maximum Gasteiger partial charge on any atom is 0.253 e. The molecule has 1 saturated heterocycles. The monoisotopic (exact) mass is 621 g/mol. The molecule has 1 aliphatic carbocycles. The Morgan fingerprint density at radius 1 is 0.889 bits per heavy atom. The minimum absolute atomic E-state index is 0.0237. The molecule has 7 rings (SSSR count). The van der Waals surface area contributed by atoms with Crippen LogP contribution in [-0.2, 0) is 16.4 Å². The van der Waals surface area contributed by atoms with E-state index >= 15 is 0 Å². The molecule has 1 fully saturated rings. The molecule has 2 aromatic carbocycles. The van der Waals surface area contributed by atoms with Gasteiger partial charge in [0.15, 0.2) is 5.65 Å². The number of hydrogen-bond donors (Lipinski definition) is 0. The van der Waals surface area contributed by atoms with E-state index in [1.54, 1.807) is 24.2 Å². The van der Waals surface area contributed by atoms with Gasteiger partial charge in [-0.2, -0.15) is 0 Å². The van der Waals surface area contributed by atoms with Gasteiger partial charge < -0.3 is 14.7 Å². The zero-order valence-corrected chi connectivity index (χ0v) is 26.9. The van der Waals surface area contributed by atoms with Crippen molar-refractivity contribution in [1.82, 2.24) is 18.8 Å². The van der Waals surface area contributed by atoms with E-state index in [0.29, 0.717) is 24.2 Å². The number of amides is 1. The first-order valence-corrected chi connectivity index (χ1v) is 17.1. The van der Waals surface area contributed by atoms with Gasteiger partial charge in [-0.05, 0) is 85.8 Å². The van der Waals surface area contributed by atoms with Gasteiger partial charge in [-0.3, -0.25) is 4.79 Å². The van der Waals surface area contributed by atoms with Crippen LogP contribution in [0.2, 0.25) is 0 Å². The SMILES string of the molecule is CN1CCN(c2ccc(C3=CC(C)(S(=O)(=O)n4cc(-c5ccc6c(c5)CCCN(C)C6=O)c5cccnc54)CC=C3)cc2)CC1. The van der Waals surface area contributed by atoms with Gasteiger partial charge in [-0.15, -0.1) is 0 Å². The van der Waals surface area contributed by atoms with Crippen molar-refractivity contribution in [1.29, 1.82) is 0 Å². The molecule has 232 valence electrons. The Kier molecular flexibility index (Phi) is 7.41. The molecule has 0 radical (unpaired) electrons. The van der Waals surface area contributed by atoms with Crippen LogP contribution < -0.4 is 4.90 Å². The quantitative estimate of drug-likeness (QED) is 0.295. The van der Waals surface area contributed by atoms with E-state index in [2.05, 4.69) is 46.1 Å². The Bertz CT molecular complexity index is 1950. The maximum atomic E-state index is 14.6. The zero-order chi connectivity index (χ0) is 31.3. The molecular weight excluding hydrogens is 582 g/mol. The van der Waals surface area contributed by atoms with E-state index in [1.165, 1.54) is 9.66 Å². The van der Waals surface area contributed by atoms with Crippen molar-refractivity contribution in [2.75, 3.05) is 51.7 Å². The van der Waals surface area contributed by atoms with Crippen molar-refractivity contribution in [2.45, 2.75) is 30.9 Å². The van der Waals surface area contributed by atoms with Gasteiger partial charge >= 0.3 is 0 Å². The highest BCUT2D eigenvalue weighted by atomic mass is 32.2. The van der Waals surface area contributed by atoms with Gasteiger partial charge in [0.25, 0.3) is 5.91 Å². The fourth-order valence-electron chi connectivity index (χ4n) is 6.80. The lowest BCUT2D eigenvalue weighted by atomic mass is 9.93. The van der Waals surface area contributed by atoms with Gasteiger partial charge in [0.1, 0.15) is 4.75 Å². The highest BCUT2D eigenvalue weighted by Gasteiger charge is 2.41. The fourth-order valence-corrected chi connectivity index (χ4v) is 8.45.